The maximum atomic E-state index is 11.9. The maximum absolute atomic E-state index is 11.9. The molecule has 9 heteroatoms. The van der Waals surface area contributed by atoms with Gasteiger partial charge in [0.15, 0.2) is 5.82 Å². The van der Waals surface area contributed by atoms with E-state index in [4.69, 9.17) is 9.47 Å². The molecule has 0 radical (unpaired) electrons. The third-order valence-corrected chi connectivity index (χ3v) is 6.49. The summed E-state index contributed by atoms with van der Waals surface area (Å²) in [5.41, 5.74) is 3.16. The molecule has 0 unspecified atom stereocenters. The summed E-state index contributed by atoms with van der Waals surface area (Å²) in [6, 6.07) is 15.4. The molecule has 0 spiro atoms. The number of fused-ring (bicyclic) bond motifs is 1. The van der Waals surface area contributed by atoms with Gasteiger partial charge in [0.05, 0.1) is 23.9 Å². The number of carbonyl (C=O) groups excluding carboxylic acids is 1. The lowest BCUT2D eigenvalue weighted by Crippen LogP contribution is -2.29. The van der Waals surface area contributed by atoms with Crippen molar-refractivity contribution in [3.63, 3.8) is 0 Å². The van der Waals surface area contributed by atoms with Gasteiger partial charge in [-0.25, -0.2) is 19.9 Å². The number of aromatic nitrogens is 4. The minimum atomic E-state index is -0.127. The number of anilines is 2. The molecule has 1 N–H and O–H groups in total. The van der Waals surface area contributed by atoms with Gasteiger partial charge in [-0.15, -0.1) is 0 Å². The van der Waals surface area contributed by atoms with Crippen LogP contribution in [0.5, 0.6) is 17.5 Å². The van der Waals surface area contributed by atoms with E-state index in [-0.39, 0.29) is 12.0 Å². The zero-order chi connectivity index (χ0) is 25.2. The van der Waals surface area contributed by atoms with Crippen LogP contribution in [-0.4, -0.2) is 49.9 Å². The Morgan fingerprint density at radius 3 is 2.76 bits per heavy atom. The summed E-state index contributed by atoms with van der Waals surface area (Å²) in [4.78, 5) is 31.7. The Kier molecular flexibility index (Phi) is 6.10. The third-order valence-electron chi connectivity index (χ3n) is 6.49. The molecular formula is C28H26N6O3. The molecule has 4 aromatic rings. The van der Waals surface area contributed by atoms with Crippen molar-refractivity contribution in [2.75, 3.05) is 18.4 Å². The second-order valence-corrected chi connectivity index (χ2v) is 9.19. The molecule has 1 atom stereocenters. The van der Waals surface area contributed by atoms with E-state index in [1.165, 1.54) is 12.4 Å². The van der Waals surface area contributed by atoms with Gasteiger partial charge in [0.1, 0.15) is 23.7 Å². The Hall–Kier alpha value is -4.53. The van der Waals surface area contributed by atoms with Crippen LogP contribution in [0.2, 0.25) is 0 Å². The standard InChI is InChI=1S/C28H26N6O3/c1-2-25(35)34-13-12-21(16-34)36-24-11-10-23-26(33-24)27(31-17-30-23)32-19-14-22(18-8-9-18)28(29-15-19)37-20-6-4-3-5-7-20/h2-7,10-11,14-15,17-18,21H,1,8-9,12-13,16H2,(H,30,31,32)/t21-/m0/s1. The number of ether oxygens (including phenoxy) is 2. The fourth-order valence-corrected chi connectivity index (χ4v) is 4.45. The Bertz CT molecular complexity index is 1460. The summed E-state index contributed by atoms with van der Waals surface area (Å²) >= 11 is 0. The molecule has 3 aromatic heterocycles. The average Bonchev–Trinajstić information content (AvgIpc) is 3.68. The summed E-state index contributed by atoms with van der Waals surface area (Å²) in [5.74, 6) is 2.76. The summed E-state index contributed by atoms with van der Waals surface area (Å²) in [5, 5.41) is 3.36. The van der Waals surface area contributed by atoms with E-state index >= 15 is 0 Å². The van der Waals surface area contributed by atoms with Crippen LogP contribution in [-0.2, 0) is 4.79 Å². The first-order valence-electron chi connectivity index (χ1n) is 12.4. The van der Waals surface area contributed by atoms with Crippen LogP contribution in [0.3, 0.4) is 0 Å². The van der Waals surface area contributed by atoms with Gasteiger partial charge in [-0.2, -0.15) is 0 Å². The fourth-order valence-electron chi connectivity index (χ4n) is 4.45. The van der Waals surface area contributed by atoms with Crippen LogP contribution in [0.15, 0.2) is 73.7 Å². The number of hydrogen-bond donors (Lipinski definition) is 1. The molecule has 186 valence electrons. The Labute approximate surface area is 214 Å². The molecule has 37 heavy (non-hydrogen) atoms. The number of benzene rings is 1. The average molecular weight is 495 g/mol. The molecule has 1 aliphatic carbocycles. The first kappa shape index (κ1) is 22.9. The van der Waals surface area contributed by atoms with E-state index in [1.54, 1.807) is 17.2 Å². The fraction of sp³-hybridized carbons (Fsp3) is 0.250. The van der Waals surface area contributed by atoms with E-state index in [0.29, 0.717) is 47.6 Å². The third kappa shape index (κ3) is 5.06. The molecule has 1 saturated carbocycles. The summed E-state index contributed by atoms with van der Waals surface area (Å²) < 4.78 is 12.2. The van der Waals surface area contributed by atoms with Crippen LogP contribution in [0.1, 0.15) is 30.7 Å². The van der Waals surface area contributed by atoms with Gasteiger partial charge in [0.25, 0.3) is 0 Å². The number of para-hydroxylation sites is 1. The largest absolute Gasteiger partial charge is 0.472 e. The zero-order valence-electron chi connectivity index (χ0n) is 20.2. The van der Waals surface area contributed by atoms with Gasteiger partial charge >= 0.3 is 0 Å². The molecule has 1 aliphatic heterocycles. The van der Waals surface area contributed by atoms with E-state index in [0.717, 1.165) is 36.3 Å². The molecule has 1 amide bonds. The van der Waals surface area contributed by atoms with E-state index in [1.807, 2.05) is 36.4 Å². The van der Waals surface area contributed by atoms with Gasteiger partial charge < -0.3 is 19.7 Å². The lowest BCUT2D eigenvalue weighted by Gasteiger charge is -2.16. The predicted octanol–water partition coefficient (Wildman–Crippen LogP) is 5.00. The van der Waals surface area contributed by atoms with Crippen molar-refractivity contribution in [2.45, 2.75) is 31.3 Å². The van der Waals surface area contributed by atoms with Gasteiger partial charge in [-0.05, 0) is 49.1 Å². The summed E-state index contributed by atoms with van der Waals surface area (Å²) in [6.07, 6.45) is 7.42. The highest BCUT2D eigenvalue weighted by atomic mass is 16.5. The lowest BCUT2D eigenvalue weighted by atomic mass is 10.1. The number of amides is 1. The van der Waals surface area contributed by atoms with Crippen LogP contribution in [0.25, 0.3) is 11.0 Å². The minimum absolute atomic E-state index is 0.0863. The zero-order valence-corrected chi connectivity index (χ0v) is 20.2. The van der Waals surface area contributed by atoms with Gasteiger partial charge in [0, 0.05) is 24.6 Å². The van der Waals surface area contributed by atoms with Crippen molar-refractivity contribution >= 4 is 28.4 Å². The molecule has 6 rings (SSSR count). The molecule has 2 aliphatic rings. The van der Waals surface area contributed by atoms with E-state index < -0.39 is 0 Å². The van der Waals surface area contributed by atoms with Crippen molar-refractivity contribution < 1.29 is 14.3 Å². The number of likely N-dealkylation sites (tertiary alicyclic amines) is 1. The molecule has 2 fully saturated rings. The van der Waals surface area contributed by atoms with Gasteiger partial charge in [-0.3, -0.25) is 4.79 Å². The van der Waals surface area contributed by atoms with Crippen molar-refractivity contribution in [1.29, 1.82) is 0 Å². The molecule has 1 saturated heterocycles. The van der Waals surface area contributed by atoms with E-state index in [2.05, 4.69) is 37.9 Å². The number of pyridine rings is 2. The number of hydrogen-bond acceptors (Lipinski definition) is 8. The quantitative estimate of drug-likeness (QED) is 0.342. The van der Waals surface area contributed by atoms with Crippen molar-refractivity contribution in [1.82, 2.24) is 24.8 Å². The topological polar surface area (TPSA) is 102 Å². The first-order chi connectivity index (χ1) is 18.2. The molecule has 0 bridgehead atoms. The molecule has 9 nitrogen and oxygen atoms in total. The monoisotopic (exact) mass is 494 g/mol. The normalized spacial score (nSPS) is 17.0. The number of nitrogens with zero attached hydrogens (tertiary/aromatic N) is 5. The van der Waals surface area contributed by atoms with Crippen molar-refractivity contribution in [3.05, 3.63) is 79.3 Å². The Balaban J connectivity index is 1.23. The van der Waals surface area contributed by atoms with E-state index in [9.17, 15) is 4.79 Å². The maximum Gasteiger partial charge on any atom is 0.246 e. The molecular weight excluding hydrogens is 468 g/mol. The highest BCUT2D eigenvalue weighted by Crippen LogP contribution is 2.45. The smallest absolute Gasteiger partial charge is 0.246 e. The van der Waals surface area contributed by atoms with Crippen molar-refractivity contribution in [2.24, 2.45) is 0 Å². The second-order valence-electron chi connectivity index (χ2n) is 9.19. The Morgan fingerprint density at radius 2 is 1.95 bits per heavy atom. The van der Waals surface area contributed by atoms with Crippen LogP contribution < -0.4 is 14.8 Å². The van der Waals surface area contributed by atoms with Gasteiger partial charge in [0.2, 0.25) is 17.7 Å². The van der Waals surface area contributed by atoms with Crippen molar-refractivity contribution in [3.8, 4) is 17.5 Å². The second kappa shape index (κ2) is 9.85. The Morgan fingerprint density at radius 1 is 1.08 bits per heavy atom. The molecule has 4 heterocycles. The minimum Gasteiger partial charge on any atom is -0.472 e. The predicted molar refractivity (Wildman–Crippen MR) is 139 cm³/mol. The van der Waals surface area contributed by atoms with Crippen LogP contribution in [0.4, 0.5) is 11.5 Å². The summed E-state index contributed by atoms with van der Waals surface area (Å²) in [6.45, 7) is 4.70. The van der Waals surface area contributed by atoms with Crippen LogP contribution >= 0.6 is 0 Å². The molecule has 1 aromatic carbocycles. The first-order valence-corrected chi connectivity index (χ1v) is 12.4. The highest BCUT2D eigenvalue weighted by Gasteiger charge is 2.29. The number of nitrogens with one attached hydrogen (secondary N) is 1. The highest BCUT2D eigenvalue weighted by molar-refractivity contribution is 5.88. The van der Waals surface area contributed by atoms with Gasteiger partial charge in [-0.1, -0.05) is 24.8 Å². The number of carbonyl (C=O) groups is 1. The SMILES string of the molecule is C=CC(=O)N1CC[C@H](Oc2ccc3ncnc(Nc4cnc(Oc5ccccc5)c(C5CC5)c4)c3n2)C1. The summed E-state index contributed by atoms with van der Waals surface area (Å²) in [7, 11) is 0. The lowest BCUT2D eigenvalue weighted by molar-refractivity contribution is -0.125. The van der Waals surface area contributed by atoms with Crippen LogP contribution in [0, 0.1) is 0 Å². The number of rotatable bonds is 8.